The number of rotatable bonds is 9. The molecule has 1 spiro atoms. The zero-order chi connectivity index (χ0) is 28.2. The smallest absolute Gasteiger partial charge is 0.248 e. The Hall–Kier alpha value is -2.46. The summed E-state index contributed by atoms with van der Waals surface area (Å²) < 4.78 is 32.4. The maximum atomic E-state index is 13.6. The molecule has 0 radical (unpaired) electrons. The van der Waals surface area contributed by atoms with Crippen LogP contribution in [0, 0.1) is 5.92 Å². The molecule has 2 heterocycles. The Balaban J connectivity index is 0.00000242. The molecular weight excluding hydrogens is 585 g/mol. The minimum absolute atomic E-state index is 0. The van der Waals surface area contributed by atoms with Gasteiger partial charge in [-0.15, -0.1) is 24.8 Å². The van der Waals surface area contributed by atoms with Gasteiger partial charge in [0, 0.05) is 37.3 Å². The van der Waals surface area contributed by atoms with E-state index in [9.17, 15) is 18.4 Å². The first kappa shape index (κ1) is 34.0. The molecule has 3 fully saturated rings. The van der Waals surface area contributed by atoms with E-state index >= 15 is 0 Å². The summed E-state index contributed by atoms with van der Waals surface area (Å²) in [5.41, 5.74) is 5.39. The molecule has 0 bridgehead atoms. The summed E-state index contributed by atoms with van der Waals surface area (Å²) >= 11 is 0. The molecular formula is C31H42Cl2F2N4O3. The quantitative estimate of drug-likeness (QED) is 0.374. The normalized spacial score (nSPS) is 20.8. The van der Waals surface area contributed by atoms with E-state index in [1.807, 2.05) is 54.6 Å². The number of benzene rings is 2. The Labute approximate surface area is 259 Å². The molecule has 7 nitrogen and oxygen atoms in total. The van der Waals surface area contributed by atoms with Crippen LogP contribution in [0.2, 0.25) is 0 Å². The zero-order valence-electron chi connectivity index (χ0n) is 24.0. The molecule has 2 aromatic rings. The zero-order valence-corrected chi connectivity index (χ0v) is 25.7. The van der Waals surface area contributed by atoms with E-state index in [0.717, 1.165) is 55.8 Å². The lowest BCUT2D eigenvalue weighted by atomic mass is 9.85. The van der Waals surface area contributed by atoms with E-state index in [-0.39, 0.29) is 79.8 Å². The van der Waals surface area contributed by atoms with Crippen LogP contribution in [0.5, 0.6) is 5.75 Å². The van der Waals surface area contributed by atoms with Gasteiger partial charge in [-0.1, -0.05) is 42.5 Å². The Morgan fingerprint density at radius 3 is 2.29 bits per heavy atom. The van der Waals surface area contributed by atoms with Gasteiger partial charge in [-0.25, -0.2) is 14.2 Å². The first-order valence-electron chi connectivity index (χ1n) is 14.4. The maximum Gasteiger partial charge on any atom is 0.248 e. The minimum atomic E-state index is -2.65. The van der Waals surface area contributed by atoms with Crippen molar-refractivity contribution in [2.24, 2.45) is 5.92 Å². The number of likely N-dealkylation sites (tertiary alicyclic amines) is 1. The number of carbonyl (C=O) groups is 2. The summed E-state index contributed by atoms with van der Waals surface area (Å²) in [7, 11) is 1.64. The molecule has 11 heteroatoms. The number of carbonyl (C=O) groups excluding carboxylic acids is 2. The average Bonchev–Trinajstić information content (AvgIpc) is 3.26. The summed E-state index contributed by atoms with van der Waals surface area (Å²) in [4.78, 5) is 28.3. The molecule has 0 aromatic heterocycles. The molecule has 5 rings (SSSR count). The van der Waals surface area contributed by atoms with Crippen LogP contribution in [0.15, 0.2) is 54.6 Å². The van der Waals surface area contributed by atoms with Gasteiger partial charge in [0.1, 0.15) is 5.75 Å². The van der Waals surface area contributed by atoms with Gasteiger partial charge < -0.3 is 15.0 Å². The third-order valence-electron chi connectivity index (χ3n) is 8.82. The van der Waals surface area contributed by atoms with Crippen molar-refractivity contribution in [1.82, 2.24) is 20.7 Å². The third kappa shape index (κ3) is 8.56. The molecule has 2 saturated heterocycles. The lowest BCUT2D eigenvalue weighted by Gasteiger charge is -2.39. The number of hydrogen-bond donors (Lipinski definition) is 2. The first-order valence-corrected chi connectivity index (χ1v) is 14.4. The molecule has 3 aliphatic rings. The average molecular weight is 628 g/mol. The third-order valence-corrected chi connectivity index (χ3v) is 8.82. The molecule has 2 aromatic carbocycles. The van der Waals surface area contributed by atoms with Crippen molar-refractivity contribution in [2.45, 2.75) is 75.4 Å². The van der Waals surface area contributed by atoms with Crippen LogP contribution in [0.3, 0.4) is 0 Å². The molecule has 232 valence electrons. The lowest BCUT2D eigenvalue weighted by Crippen LogP contribution is -2.53. The van der Waals surface area contributed by atoms with Gasteiger partial charge in [0.15, 0.2) is 0 Å². The summed E-state index contributed by atoms with van der Waals surface area (Å²) in [6.45, 7) is 3.06. The predicted octanol–water partition coefficient (Wildman–Crippen LogP) is 5.68. The SMILES string of the molecule is COc1ccc(CN2NC3(CCN(CC[C@H](NC(=O)C4CCC(F)(F)CC4)c4ccccc4)CC3)CC2=O)cc1.Cl.Cl. The highest BCUT2D eigenvalue weighted by molar-refractivity contribution is 5.85. The van der Waals surface area contributed by atoms with Crippen molar-refractivity contribution >= 4 is 36.6 Å². The molecule has 2 amide bonds. The fourth-order valence-corrected chi connectivity index (χ4v) is 6.22. The highest BCUT2D eigenvalue weighted by Crippen LogP contribution is 2.37. The second kappa shape index (κ2) is 14.8. The van der Waals surface area contributed by atoms with E-state index in [0.29, 0.717) is 13.0 Å². The highest BCUT2D eigenvalue weighted by Gasteiger charge is 2.44. The second-order valence-corrected chi connectivity index (χ2v) is 11.6. The van der Waals surface area contributed by atoms with Gasteiger partial charge in [0.2, 0.25) is 17.7 Å². The Morgan fingerprint density at radius 2 is 1.67 bits per heavy atom. The molecule has 42 heavy (non-hydrogen) atoms. The van der Waals surface area contributed by atoms with Gasteiger partial charge >= 0.3 is 0 Å². The fraction of sp³-hybridized carbons (Fsp3) is 0.548. The van der Waals surface area contributed by atoms with Crippen molar-refractivity contribution in [2.75, 3.05) is 26.7 Å². The summed E-state index contributed by atoms with van der Waals surface area (Å²) in [6, 6.07) is 17.5. The standard InChI is InChI=1S/C31H40F2N4O3.2ClH/c1-40-26-9-7-23(8-10-26)22-37-28(38)21-30(35-37)16-19-36(20-17-30)18-13-27(24-5-3-2-4-6-24)34-29(39)25-11-14-31(32,33)15-12-25;;/h2-10,25,27,35H,11-22H2,1H3,(H,34,39);2*1H/t27-;;/m0../s1. The van der Waals surface area contributed by atoms with Crippen LogP contribution in [0.25, 0.3) is 0 Å². The number of nitrogens with one attached hydrogen (secondary N) is 2. The van der Waals surface area contributed by atoms with E-state index in [2.05, 4.69) is 15.6 Å². The van der Waals surface area contributed by atoms with E-state index < -0.39 is 5.92 Å². The first-order chi connectivity index (χ1) is 19.2. The molecule has 1 saturated carbocycles. The van der Waals surface area contributed by atoms with E-state index in [1.54, 1.807) is 12.1 Å². The van der Waals surface area contributed by atoms with Crippen molar-refractivity contribution in [3.63, 3.8) is 0 Å². The van der Waals surface area contributed by atoms with Gasteiger partial charge in [-0.2, -0.15) is 0 Å². The van der Waals surface area contributed by atoms with Crippen LogP contribution in [-0.4, -0.2) is 59.9 Å². The van der Waals surface area contributed by atoms with Gasteiger partial charge in [-0.05, 0) is 68.5 Å². The number of ether oxygens (including phenoxy) is 1. The van der Waals surface area contributed by atoms with Crippen molar-refractivity contribution in [3.8, 4) is 5.75 Å². The van der Waals surface area contributed by atoms with E-state index in [1.165, 1.54) is 0 Å². The Bertz CT molecular complexity index is 1150. The molecule has 1 aliphatic carbocycles. The summed E-state index contributed by atoms with van der Waals surface area (Å²) in [6.07, 6.45) is 3.01. The number of hydrogen-bond acceptors (Lipinski definition) is 5. The number of hydrazine groups is 1. The van der Waals surface area contributed by atoms with E-state index in [4.69, 9.17) is 4.74 Å². The Kier molecular flexibility index (Phi) is 12.0. The predicted molar refractivity (Wildman–Crippen MR) is 163 cm³/mol. The van der Waals surface area contributed by atoms with Crippen LogP contribution >= 0.6 is 24.8 Å². The maximum absolute atomic E-state index is 13.6. The van der Waals surface area contributed by atoms with Crippen LogP contribution in [0.4, 0.5) is 8.78 Å². The minimum Gasteiger partial charge on any atom is -0.497 e. The number of nitrogens with zero attached hydrogens (tertiary/aromatic N) is 2. The van der Waals surface area contributed by atoms with Gasteiger partial charge in [0.25, 0.3) is 0 Å². The van der Waals surface area contributed by atoms with Gasteiger partial charge in [-0.3, -0.25) is 14.6 Å². The summed E-state index contributed by atoms with van der Waals surface area (Å²) in [5, 5.41) is 4.93. The summed E-state index contributed by atoms with van der Waals surface area (Å²) in [5.74, 6) is -2.20. The van der Waals surface area contributed by atoms with Crippen molar-refractivity contribution in [1.29, 1.82) is 0 Å². The topological polar surface area (TPSA) is 73.9 Å². The fourth-order valence-electron chi connectivity index (χ4n) is 6.22. The molecule has 2 N–H and O–H groups in total. The highest BCUT2D eigenvalue weighted by atomic mass is 35.5. The number of alkyl halides is 2. The van der Waals surface area contributed by atoms with Crippen molar-refractivity contribution < 1.29 is 23.1 Å². The number of halogens is 4. The van der Waals surface area contributed by atoms with Gasteiger partial charge in [0.05, 0.1) is 19.7 Å². The molecule has 2 aliphatic heterocycles. The van der Waals surface area contributed by atoms with Crippen LogP contribution in [-0.2, 0) is 16.1 Å². The van der Waals surface area contributed by atoms with Crippen LogP contribution < -0.4 is 15.5 Å². The monoisotopic (exact) mass is 626 g/mol. The van der Waals surface area contributed by atoms with Crippen LogP contribution in [0.1, 0.15) is 68.5 Å². The Morgan fingerprint density at radius 1 is 1.02 bits per heavy atom. The number of amides is 2. The molecule has 0 unspecified atom stereocenters. The number of methoxy groups -OCH3 is 1. The lowest BCUT2D eigenvalue weighted by molar-refractivity contribution is -0.131. The molecule has 1 atom stereocenters. The largest absolute Gasteiger partial charge is 0.497 e. The number of piperidine rings is 1. The second-order valence-electron chi connectivity index (χ2n) is 11.6. The van der Waals surface area contributed by atoms with Crippen molar-refractivity contribution in [3.05, 3.63) is 65.7 Å².